The van der Waals surface area contributed by atoms with Crippen LogP contribution < -0.4 is 5.32 Å². The lowest BCUT2D eigenvalue weighted by Crippen LogP contribution is -2.09. The number of rotatable bonds is 4. The van der Waals surface area contributed by atoms with Crippen molar-refractivity contribution in [1.82, 2.24) is 19.7 Å². The number of anilines is 1. The molecule has 3 aromatic rings. The van der Waals surface area contributed by atoms with E-state index in [0.29, 0.717) is 11.5 Å². The van der Waals surface area contributed by atoms with Crippen molar-refractivity contribution in [2.75, 3.05) is 5.32 Å². The van der Waals surface area contributed by atoms with Crippen molar-refractivity contribution < 1.29 is 9.18 Å². The summed E-state index contributed by atoms with van der Waals surface area (Å²) < 4.78 is 14.4. The average Bonchev–Trinajstić information content (AvgIpc) is 3.10. The minimum absolute atomic E-state index is 0.285. The molecule has 2 heterocycles. The molecular weight excluding hydrogens is 309 g/mol. The van der Waals surface area contributed by atoms with Crippen LogP contribution in [0.1, 0.15) is 12.5 Å². The molecule has 1 N–H and O–H groups in total. The Morgan fingerprint density at radius 2 is 2.00 bits per heavy atom. The zero-order chi connectivity index (χ0) is 16.9. The van der Waals surface area contributed by atoms with Gasteiger partial charge in [0.2, 0.25) is 5.91 Å². The van der Waals surface area contributed by atoms with Gasteiger partial charge in [-0.25, -0.2) is 19.0 Å². The molecule has 0 radical (unpaired) electrons. The molecule has 120 valence electrons. The molecule has 3 rings (SSSR count). The Morgan fingerprint density at radius 1 is 1.21 bits per heavy atom. The summed E-state index contributed by atoms with van der Waals surface area (Å²) in [5, 5.41) is 6.70. The van der Waals surface area contributed by atoms with E-state index in [2.05, 4.69) is 20.4 Å². The minimum Gasteiger partial charge on any atom is -0.321 e. The third-order valence-electron chi connectivity index (χ3n) is 3.32. The van der Waals surface area contributed by atoms with Crippen molar-refractivity contribution in [2.24, 2.45) is 0 Å². The molecule has 0 spiro atoms. The van der Waals surface area contributed by atoms with Crippen LogP contribution in [0.3, 0.4) is 0 Å². The Morgan fingerprint density at radius 3 is 2.62 bits per heavy atom. The van der Waals surface area contributed by atoms with E-state index in [-0.39, 0.29) is 11.7 Å². The summed E-state index contributed by atoms with van der Waals surface area (Å²) in [5.41, 5.74) is 2.08. The largest absolute Gasteiger partial charge is 0.321 e. The Balaban J connectivity index is 1.68. The highest BCUT2D eigenvalue weighted by molar-refractivity contribution is 6.03. The number of hydrogen-bond donors (Lipinski definition) is 1. The third-order valence-corrected chi connectivity index (χ3v) is 3.32. The van der Waals surface area contributed by atoms with Crippen molar-refractivity contribution in [3.05, 3.63) is 72.7 Å². The smallest absolute Gasteiger partial charge is 0.248 e. The monoisotopic (exact) mass is 323 g/mol. The second kappa shape index (κ2) is 6.82. The van der Waals surface area contributed by atoms with E-state index in [1.807, 2.05) is 0 Å². The van der Waals surface area contributed by atoms with E-state index in [1.54, 1.807) is 31.2 Å². The van der Waals surface area contributed by atoms with Crippen molar-refractivity contribution >= 4 is 17.2 Å². The van der Waals surface area contributed by atoms with Gasteiger partial charge in [0, 0.05) is 6.08 Å². The van der Waals surface area contributed by atoms with Gasteiger partial charge in [-0.3, -0.25) is 4.79 Å². The van der Waals surface area contributed by atoms with Crippen molar-refractivity contribution in [3.8, 4) is 5.82 Å². The predicted molar refractivity (Wildman–Crippen MR) is 87.8 cm³/mol. The van der Waals surface area contributed by atoms with E-state index < -0.39 is 0 Å². The molecule has 0 aliphatic heterocycles. The van der Waals surface area contributed by atoms with Gasteiger partial charge in [-0.1, -0.05) is 12.1 Å². The minimum atomic E-state index is -0.311. The lowest BCUT2D eigenvalue weighted by atomic mass is 10.1. The first-order valence-electron chi connectivity index (χ1n) is 7.18. The molecule has 1 aromatic carbocycles. The van der Waals surface area contributed by atoms with Gasteiger partial charge >= 0.3 is 0 Å². The zero-order valence-electron chi connectivity index (χ0n) is 12.8. The number of carbonyl (C=O) groups excluding carboxylic acids is 1. The quantitative estimate of drug-likeness (QED) is 0.749. The maximum atomic E-state index is 12.9. The summed E-state index contributed by atoms with van der Waals surface area (Å²) in [5.74, 6) is 0.00483. The normalized spacial score (nSPS) is 11.3. The summed E-state index contributed by atoms with van der Waals surface area (Å²) in [6.07, 6.45) is 5.95. The SMILES string of the molecule is CC(=CC(=O)Nc1ccc(-n2cncn2)nc1)c1ccc(F)cc1. The standard InChI is InChI=1S/C17H14FN5O/c1-12(13-2-4-14(18)5-3-13)8-17(24)22-15-6-7-16(20-9-15)23-11-19-10-21-23/h2-11H,1H3,(H,22,24). The maximum absolute atomic E-state index is 12.9. The molecule has 2 aromatic heterocycles. The third kappa shape index (κ3) is 3.70. The first-order valence-corrected chi connectivity index (χ1v) is 7.18. The fourth-order valence-electron chi connectivity index (χ4n) is 2.09. The number of nitrogens with one attached hydrogen (secondary N) is 1. The van der Waals surface area contributed by atoms with Crippen molar-refractivity contribution in [1.29, 1.82) is 0 Å². The second-order valence-electron chi connectivity index (χ2n) is 5.07. The number of carbonyl (C=O) groups is 1. The van der Waals surface area contributed by atoms with E-state index in [4.69, 9.17) is 0 Å². The van der Waals surface area contributed by atoms with Gasteiger partial charge in [0.05, 0.1) is 11.9 Å². The Hall–Kier alpha value is -3.35. The summed E-state index contributed by atoms with van der Waals surface area (Å²) in [4.78, 5) is 20.1. The number of aromatic nitrogens is 4. The molecule has 24 heavy (non-hydrogen) atoms. The number of halogens is 1. The van der Waals surface area contributed by atoms with E-state index in [0.717, 1.165) is 11.1 Å². The van der Waals surface area contributed by atoms with Crippen LogP contribution in [0.4, 0.5) is 10.1 Å². The summed E-state index contributed by atoms with van der Waals surface area (Å²) in [6.45, 7) is 1.79. The molecule has 0 aliphatic carbocycles. The highest BCUT2D eigenvalue weighted by Gasteiger charge is 2.04. The van der Waals surface area contributed by atoms with Crippen LogP contribution in [0, 0.1) is 5.82 Å². The van der Waals surface area contributed by atoms with Gasteiger partial charge in [-0.05, 0) is 42.3 Å². The lowest BCUT2D eigenvalue weighted by molar-refractivity contribution is -0.111. The Labute approximate surface area is 137 Å². The predicted octanol–water partition coefficient (Wildman–Crippen LogP) is 2.84. The number of benzene rings is 1. The highest BCUT2D eigenvalue weighted by Crippen LogP contribution is 2.15. The first-order chi connectivity index (χ1) is 11.6. The van der Waals surface area contributed by atoms with Crippen molar-refractivity contribution in [2.45, 2.75) is 6.92 Å². The van der Waals surface area contributed by atoms with Gasteiger partial charge in [0.1, 0.15) is 18.5 Å². The first kappa shape index (κ1) is 15.5. The number of pyridine rings is 1. The molecule has 0 atom stereocenters. The number of amides is 1. The summed E-state index contributed by atoms with van der Waals surface area (Å²) >= 11 is 0. The fraction of sp³-hybridized carbons (Fsp3) is 0.0588. The zero-order valence-corrected chi connectivity index (χ0v) is 12.8. The molecule has 0 saturated heterocycles. The van der Waals surface area contributed by atoms with E-state index in [9.17, 15) is 9.18 Å². The molecule has 6 nitrogen and oxygen atoms in total. The Kier molecular flexibility index (Phi) is 4.42. The summed E-state index contributed by atoms with van der Waals surface area (Å²) in [6, 6.07) is 9.42. The molecule has 0 fully saturated rings. The van der Waals surface area contributed by atoms with Gasteiger partial charge in [-0.2, -0.15) is 5.10 Å². The van der Waals surface area contributed by atoms with Crippen LogP contribution in [0.5, 0.6) is 0 Å². The van der Waals surface area contributed by atoms with Crippen LogP contribution in [0.2, 0.25) is 0 Å². The van der Waals surface area contributed by atoms with Gasteiger partial charge in [0.15, 0.2) is 5.82 Å². The van der Waals surface area contributed by atoms with Gasteiger partial charge < -0.3 is 5.32 Å². The van der Waals surface area contributed by atoms with Crippen LogP contribution in [0.25, 0.3) is 11.4 Å². The van der Waals surface area contributed by atoms with Crippen LogP contribution in [-0.4, -0.2) is 25.7 Å². The number of hydrogen-bond acceptors (Lipinski definition) is 4. The van der Waals surface area contributed by atoms with Crippen molar-refractivity contribution in [3.63, 3.8) is 0 Å². The molecule has 0 bridgehead atoms. The van der Waals surface area contributed by atoms with E-state index >= 15 is 0 Å². The Bertz CT molecular complexity index is 855. The van der Waals surface area contributed by atoms with Crippen LogP contribution >= 0.6 is 0 Å². The molecule has 0 saturated carbocycles. The molecule has 0 aliphatic rings. The van der Waals surface area contributed by atoms with E-state index in [1.165, 1.54) is 41.7 Å². The molecule has 7 heteroatoms. The highest BCUT2D eigenvalue weighted by atomic mass is 19.1. The van der Waals surface area contributed by atoms with Gasteiger partial charge in [-0.15, -0.1) is 0 Å². The fourth-order valence-corrected chi connectivity index (χ4v) is 2.09. The average molecular weight is 323 g/mol. The summed E-state index contributed by atoms with van der Waals surface area (Å²) in [7, 11) is 0. The topological polar surface area (TPSA) is 72.7 Å². The van der Waals surface area contributed by atoms with Crippen LogP contribution in [-0.2, 0) is 4.79 Å². The maximum Gasteiger partial charge on any atom is 0.248 e. The molecule has 0 unspecified atom stereocenters. The molecule has 1 amide bonds. The lowest BCUT2D eigenvalue weighted by Gasteiger charge is -2.05. The van der Waals surface area contributed by atoms with Crippen LogP contribution in [0.15, 0.2) is 61.3 Å². The number of allylic oxidation sites excluding steroid dienone is 1. The number of nitrogens with zero attached hydrogens (tertiary/aromatic N) is 4. The second-order valence-corrected chi connectivity index (χ2v) is 5.07. The molecular formula is C17H14FN5O. The van der Waals surface area contributed by atoms with Gasteiger partial charge in [0.25, 0.3) is 0 Å².